The Morgan fingerprint density at radius 1 is 1.03 bits per heavy atom. The molecule has 0 aromatic heterocycles. The van der Waals surface area contributed by atoms with Gasteiger partial charge in [0, 0.05) is 42.0 Å². The summed E-state index contributed by atoms with van der Waals surface area (Å²) in [6.45, 7) is 2.46. The first kappa shape index (κ1) is 21.1. The smallest absolute Gasteiger partial charge is 0.255 e. The zero-order valence-electron chi connectivity index (χ0n) is 16.8. The van der Waals surface area contributed by atoms with E-state index in [4.69, 9.17) is 9.47 Å². The van der Waals surface area contributed by atoms with Crippen molar-refractivity contribution in [1.82, 2.24) is 4.31 Å². The first-order chi connectivity index (χ1) is 13.8. The fourth-order valence-electron chi connectivity index (χ4n) is 3.43. The number of methoxy groups -OCH3 is 2. The fraction of sp³-hybridized carbons (Fsp3) is 0.381. The summed E-state index contributed by atoms with van der Waals surface area (Å²) < 4.78 is 37.8. The van der Waals surface area contributed by atoms with E-state index < -0.39 is 10.0 Å². The van der Waals surface area contributed by atoms with Crippen LogP contribution in [0.25, 0.3) is 0 Å². The van der Waals surface area contributed by atoms with Crippen molar-refractivity contribution in [3.05, 3.63) is 48.0 Å². The SMILES string of the molecule is COc1cc(NC(=O)c2ccc(S(=O)(=O)N3CCCC[C@H]3C)cc2)cc(OC)c1. The number of carbonyl (C=O) groups is 1. The van der Waals surface area contributed by atoms with Crippen LogP contribution in [-0.4, -0.2) is 45.4 Å². The van der Waals surface area contributed by atoms with Crippen molar-refractivity contribution in [2.24, 2.45) is 0 Å². The van der Waals surface area contributed by atoms with Crippen molar-refractivity contribution in [1.29, 1.82) is 0 Å². The van der Waals surface area contributed by atoms with Gasteiger partial charge in [0.15, 0.2) is 0 Å². The molecular weight excluding hydrogens is 392 g/mol. The molecule has 0 radical (unpaired) electrons. The summed E-state index contributed by atoms with van der Waals surface area (Å²) in [5.41, 5.74) is 0.877. The molecule has 29 heavy (non-hydrogen) atoms. The van der Waals surface area contributed by atoms with E-state index in [2.05, 4.69) is 5.32 Å². The molecule has 0 aliphatic carbocycles. The summed E-state index contributed by atoms with van der Waals surface area (Å²) in [4.78, 5) is 12.8. The van der Waals surface area contributed by atoms with Crippen molar-refractivity contribution in [3.63, 3.8) is 0 Å². The molecule has 8 heteroatoms. The zero-order valence-corrected chi connectivity index (χ0v) is 17.7. The van der Waals surface area contributed by atoms with Crippen molar-refractivity contribution >= 4 is 21.6 Å². The van der Waals surface area contributed by atoms with Gasteiger partial charge in [-0.25, -0.2) is 8.42 Å². The highest BCUT2D eigenvalue weighted by Crippen LogP contribution is 2.27. The van der Waals surface area contributed by atoms with Crippen LogP contribution >= 0.6 is 0 Å². The second-order valence-electron chi connectivity index (χ2n) is 7.04. The monoisotopic (exact) mass is 418 g/mol. The Morgan fingerprint density at radius 2 is 1.66 bits per heavy atom. The molecule has 156 valence electrons. The summed E-state index contributed by atoms with van der Waals surface area (Å²) >= 11 is 0. The number of benzene rings is 2. The lowest BCUT2D eigenvalue weighted by Gasteiger charge is -2.32. The second kappa shape index (κ2) is 8.84. The van der Waals surface area contributed by atoms with Crippen molar-refractivity contribution < 1.29 is 22.7 Å². The number of rotatable bonds is 6. The number of nitrogens with one attached hydrogen (secondary N) is 1. The van der Waals surface area contributed by atoms with Crippen LogP contribution in [0, 0.1) is 0 Å². The molecule has 0 unspecified atom stereocenters. The molecule has 1 aliphatic heterocycles. The van der Waals surface area contributed by atoms with Crippen LogP contribution in [0.3, 0.4) is 0 Å². The summed E-state index contributed by atoms with van der Waals surface area (Å²) in [7, 11) is -0.501. The second-order valence-corrected chi connectivity index (χ2v) is 8.93. The molecule has 0 bridgehead atoms. The van der Waals surface area contributed by atoms with Gasteiger partial charge in [-0.05, 0) is 44.0 Å². The molecule has 1 N–H and O–H groups in total. The first-order valence-electron chi connectivity index (χ1n) is 9.51. The van der Waals surface area contributed by atoms with Gasteiger partial charge >= 0.3 is 0 Å². The topological polar surface area (TPSA) is 84.9 Å². The number of nitrogens with zero attached hydrogens (tertiary/aromatic N) is 1. The van der Waals surface area contributed by atoms with Crippen LogP contribution in [-0.2, 0) is 10.0 Å². The molecule has 1 aliphatic rings. The molecule has 7 nitrogen and oxygen atoms in total. The van der Waals surface area contributed by atoms with Gasteiger partial charge in [-0.15, -0.1) is 0 Å². The number of anilines is 1. The number of carbonyl (C=O) groups excluding carboxylic acids is 1. The Hall–Kier alpha value is -2.58. The van der Waals surface area contributed by atoms with E-state index in [1.807, 2.05) is 6.92 Å². The number of sulfonamides is 1. The van der Waals surface area contributed by atoms with Gasteiger partial charge in [-0.3, -0.25) is 4.79 Å². The zero-order chi connectivity index (χ0) is 21.0. The summed E-state index contributed by atoms with van der Waals surface area (Å²) in [6, 6.07) is 11.1. The Labute approximate surface area is 171 Å². The first-order valence-corrected chi connectivity index (χ1v) is 11.0. The van der Waals surface area contributed by atoms with Crippen LogP contribution in [0.5, 0.6) is 11.5 Å². The van der Waals surface area contributed by atoms with Crippen LogP contribution in [0.1, 0.15) is 36.5 Å². The average molecular weight is 419 g/mol. The van der Waals surface area contributed by atoms with Crippen molar-refractivity contribution in [3.8, 4) is 11.5 Å². The minimum atomic E-state index is -3.56. The van der Waals surface area contributed by atoms with Gasteiger partial charge < -0.3 is 14.8 Å². The minimum absolute atomic E-state index is 0.0141. The van der Waals surface area contributed by atoms with Crippen molar-refractivity contribution in [2.45, 2.75) is 37.1 Å². The number of hydrogen-bond donors (Lipinski definition) is 1. The number of ether oxygens (including phenoxy) is 2. The predicted molar refractivity (Wildman–Crippen MR) is 111 cm³/mol. The summed E-state index contributed by atoms with van der Waals surface area (Å²) in [5, 5.41) is 2.78. The average Bonchev–Trinajstić information content (AvgIpc) is 2.73. The van der Waals surface area contributed by atoms with Gasteiger partial charge in [-0.1, -0.05) is 6.42 Å². The molecule has 3 rings (SSSR count). The van der Waals surface area contributed by atoms with Gasteiger partial charge in [0.05, 0.1) is 19.1 Å². The van der Waals surface area contributed by atoms with Crippen LogP contribution in [0.4, 0.5) is 5.69 Å². The number of amides is 1. The van der Waals surface area contributed by atoms with Crippen LogP contribution in [0.15, 0.2) is 47.4 Å². The maximum absolute atomic E-state index is 12.9. The van der Waals surface area contributed by atoms with Crippen LogP contribution in [0.2, 0.25) is 0 Å². The van der Waals surface area contributed by atoms with Gasteiger partial charge in [-0.2, -0.15) is 4.31 Å². The quantitative estimate of drug-likeness (QED) is 0.776. The lowest BCUT2D eigenvalue weighted by molar-refractivity contribution is 0.102. The Balaban J connectivity index is 1.77. The van der Waals surface area contributed by atoms with E-state index in [0.29, 0.717) is 29.3 Å². The van der Waals surface area contributed by atoms with E-state index in [0.717, 1.165) is 19.3 Å². The van der Waals surface area contributed by atoms with Crippen LogP contribution < -0.4 is 14.8 Å². The predicted octanol–water partition coefficient (Wildman–Crippen LogP) is 3.52. The minimum Gasteiger partial charge on any atom is -0.497 e. The maximum Gasteiger partial charge on any atom is 0.255 e. The van der Waals surface area contributed by atoms with E-state index in [1.165, 1.54) is 38.5 Å². The third kappa shape index (κ3) is 4.71. The molecule has 1 saturated heterocycles. The molecule has 1 heterocycles. The molecule has 1 atom stereocenters. The molecule has 0 spiro atoms. The Bertz CT molecular complexity index is 951. The number of piperidine rings is 1. The molecular formula is C21H26N2O5S. The molecule has 2 aromatic carbocycles. The standard InChI is InChI=1S/C21H26N2O5S/c1-15-6-4-5-11-23(15)29(25,26)20-9-7-16(8-10-20)21(24)22-17-12-18(27-2)14-19(13-17)28-3/h7-10,12-15H,4-6,11H2,1-3H3,(H,22,24)/t15-/m1/s1. The molecule has 1 amide bonds. The lowest BCUT2D eigenvalue weighted by atomic mass is 10.1. The molecule has 1 fully saturated rings. The Morgan fingerprint density at radius 3 is 2.21 bits per heavy atom. The number of hydrogen-bond acceptors (Lipinski definition) is 5. The Kier molecular flexibility index (Phi) is 6.44. The maximum atomic E-state index is 12.9. The third-order valence-corrected chi connectivity index (χ3v) is 7.10. The van der Waals surface area contributed by atoms with E-state index in [-0.39, 0.29) is 16.8 Å². The van der Waals surface area contributed by atoms with Crippen molar-refractivity contribution in [2.75, 3.05) is 26.1 Å². The largest absolute Gasteiger partial charge is 0.497 e. The van der Waals surface area contributed by atoms with E-state index in [9.17, 15) is 13.2 Å². The van der Waals surface area contributed by atoms with Gasteiger partial charge in [0.2, 0.25) is 10.0 Å². The van der Waals surface area contributed by atoms with Gasteiger partial charge in [0.25, 0.3) is 5.91 Å². The van der Waals surface area contributed by atoms with E-state index in [1.54, 1.807) is 22.5 Å². The fourth-order valence-corrected chi connectivity index (χ4v) is 5.12. The highest BCUT2D eigenvalue weighted by molar-refractivity contribution is 7.89. The van der Waals surface area contributed by atoms with Gasteiger partial charge in [0.1, 0.15) is 11.5 Å². The highest BCUT2D eigenvalue weighted by Gasteiger charge is 2.30. The summed E-state index contributed by atoms with van der Waals surface area (Å²) in [5.74, 6) is 0.754. The summed E-state index contributed by atoms with van der Waals surface area (Å²) in [6.07, 6.45) is 2.78. The molecule has 2 aromatic rings. The lowest BCUT2D eigenvalue weighted by Crippen LogP contribution is -2.41. The molecule has 0 saturated carbocycles. The normalized spacial score (nSPS) is 17.6. The van der Waals surface area contributed by atoms with E-state index >= 15 is 0 Å². The third-order valence-electron chi connectivity index (χ3n) is 5.07. The highest BCUT2D eigenvalue weighted by atomic mass is 32.2.